The number of nitrogens with zero attached hydrogens (tertiary/aromatic N) is 3. The van der Waals surface area contributed by atoms with E-state index in [1.54, 1.807) is 16.7 Å². The van der Waals surface area contributed by atoms with Crippen LogP contribution in [0.2, 0.25) is 0 Å². The van der Waals surface area contributed by atoms with Gasteiger partial charge in [0.05, 0.1) is 11.8 Å². The van der Waals surface area contributed by atoms with Crippen molar-refractivity contribution in [1.82, 2.24) is 19.5 Å². The average Bonchev–Trinajstić information content (AvgIpc) is 3.10. The smallest absolute Gasteiger partial charge is 0.291 e. The molecule has 0 aliphatic rings. The number of rotatable bonds is 6. The van der Waals surface area contributed by atoms with Gasteiger partial charge in [-0.1, -0.05) is 6.92 Å². The Morgan fingerprint density at radius 2 is 2.22 bits per heavy atom. The van der Waals surface area contributed by atoms with E-state index in [9.17, 15) is 9.59 Å². The summed E-state index contributed by atoms with van der Waals surface area (Å²) in [6.07, 6.45) is 3.48. The number of carbonyl (C=O) groups excluding carboxylic acids is 1. The molecule has 23 heavy (non-hydrogen) atoms. The third-order valence-electron chi connectivity index (χ3n) is 3.81. The van der Waals surface area contributed by atoms with Crippen LogP contribution in [0.1, 0.15) is 32.0 Å². The quantitative estimate of drug-likeness (QED) is 0.752. The van der Waals surface area contributed by atoms with E-state index in [0.29, 0.717) is 42.9 Å². The second-order valence-electron chi connectivity index (χ2n) is 5.56. The van der Waals surface area contributed by atoms with Gasteiger partial charge in [0, 0.05) is 31.6 Å². The number of hydrogen-bond donors (Lipinski definition) is 1. The van der Waals surface area contributed by atoms with Crippen LogP contribution in [-0.4, -0.2) is 26.6 Å². The predicted molar refractivity (Wildman–Crippen MR) is 86.5 cm³/mol. The first-order chi connectivity index (χ1) is 11.1. The van der Waals surface area contributed by atoms with Crippen LogP contribution in [-0.2, 0) is 11.3 Å². The van der Waals surface area contributed by atoms with Gasteiger partial charge in [-0.15, -0.1) is 0 Å². The van der Waals surface area contributed by atoms with Crippen LogP contribution in [0.15, 0.2) is 27.6 Å². The standard InChI is InChI=1S/C16H20N4O3/c1-3-7-17-15(21)5-4-8-19-16(22)13-10-14-12(6-9-23-14)20(13)11(2)18-19/h6,9-10H,3-5,7-8H2,1-2H3,(H,17,21). The highest BCUT2D eigenvalue weighted by Gasteiger charge is 2.13. The zero-order chi connectivity index (χ0) is 16.4. The Morgan fingerprint density at radius 1 is 1.39 bits per heavy atom. The van der Waals surface area contributed by atoms with E-state index < -0.39 is 0 Å². The lowest BCUT2D eigenvalue weighted by Gasteiger charge is -2.08. The first kappa shape index (κ1) is 15.3. The Labute approximate surface area is 132 Å². The lowest BCUT2D eigenvalue weighted by Crippen LogP contribution is -2.28. The molecule has 0 fully saturated rings. The second-order valence-corrected chi connectivity index (χ2v) is 5.56. The highest BCUT2D eigenvalue weighted by atomic mass is 16.3. The van der Waals surface area contributed by atoms with Gasteiger partial charge in [-0.05, 0) is 19.8 Å². The maximum atomic E-state index is 12.5. The molecule has 0 aliphatic heterocycles. The van der Waals surface area contributed by atoms with Gasteiger partial charge in [0.1, 0.15) is 11.3 Å². The van der Waals surface area contributed by atoms with Crippen LogP contribution in [0.4, 0.5) is 0 Å². The summed E-state index contributed by atoms with van der Waals surface area (Å²) in [6, 6.07) is 3.55. The van der Waals surface area contributed by atoms with Crippen molar-refractivity contribution in [2.24, 2.45) is 0 Å². The predicted octanol–water partition coefficient (Wildman–Crippen LogP) is 1.86. The highest BCUT2D eigenvalue weighted by molar-refractivity contribution is 5.82. The molecule has 1 N–H and O–H groups in total. The summed E-state index contributed by atoms with van der Waals surface area (Å²) < 4.78 is 8.58. The van der Waals surface area contributed by atoms with E-state index in [2.05, 4.69) is 10.4 Å². The molecule has 7 heteroatoms. The summed E-state index contributed by atoms with van der Waals surface area (Å²) in [7, 11) is 0. The fraction of sp³-hybridized carbons (Fsp3) is 0.438. The Bertz CT molecular complexity index is 903. The van der Waals surface area contributed by atoms with Crippen LogP contribution < -0.4 is 10.9 Å². The van der Waals surface area contributed by atoms with E-state index in [4.69, 9.17) is 4.42 Å². The fourth-order valence-corrected chi connectivity index (χ4v) is 2.72. The van der Waals surface area contributed by atoms with E-state index in [-0.39, 0.29) is 11.5 Å². The topological polar surface area (TPSA) is 81.5 Å². The van der Waals surface area contributed by atoms with Crippen molar-refractivity contribution in [3.05, 3.63) is 34.6 Å². The van der Waals surface area contributed by atoms with Gasteiger partial charge in [-0.25, -0.2) is 4.68 Å². The number of aryl methyl sites for hydroxylation is 2. The van der Waals surface area contributed by atoms with Crippen LogP contribution in [0.5, 0.6) is 0 Å². The number of hydrogen-bond acceptors (Lipinski definition) is 4. The SMILES string of the molecule is CCCNC(=O)CCCn1nc(C)n2c(cc3occc32)c1=O. The monoisotopic (exact) mass is 316 g/mol. The van der Waals surface area contributed by atoms with Crippen molar-refractivity contribution in [3.63, 3.8) is 0 Å². The summed E-state index contributed by atoms with van der Waals surface area (Å²) in [4.78, 5) is 24.1. The van der Waals surface area contributed by atoms with E-state index in [0.717, 1.165) is 11.9 Å². The maximum absolute atomic E-state index is 12.5. The number of fused-ring (bicyclic) bond motifs is 3. The van der Waals surface area contributed by atoms with Crippen molar-refractivity contribution in [2.45, 2.75) is 39.7 Å². The molecule has 0 unspecified atom stereocenters. The largest absolute Gasteiger partial charge is 0.463 e. The molecule has 0 spiro atoms. The lowest BCUT2D eigenvalue weighted by molar-refractivity contribution is -0.121. The normalized spacial score (nSPS) is 11.4. The third kappa shape index (κ3) is 2.86. The third-order valence-corrected chi connectivity index (χ3v) is 3.81. The highest BCUT2D eigenvalue weighted by Crippen LogP contribution is 2.19. The molecule has 3 rings (SSSR count). The first-order valence-electron chi connectivity index (χ1n) is 7.85. The van der Waals surface area contributed by atoms with E-state index in [1.807, 2.05) is 19.9 Å². The summed E-state index contributed by atoms with van der Waals surface area (Å²) in [5.41, 5.74) is 1.88. The number of nitrogens with one attached hydrogen (secondary N) is 1. The van der Waals surface area contributed by atoms with Gasteiger partial charge in [0.15, 0.2) is 5.58 Å². The fourth-order valence-electron chi connectivity index (χ4n) is 2.72. The minimum absolute atomic E-state index is 0.0119. The van der Waals surface area contributed by atoms with E-state index >= 15 is 0 Å². The van der Waals surface area contributed by atoms with Crippen LogP contribution in [0.25, 0.3) is 16.6 Å². The van der Waals surface area contributed by atoms with Crippen molar-refractivity contribution in [1.29, 1.82) is 0 Å². The molecule has 0 saturated heterocycles. The zero-order valence-corrected chi connectivity index (χ0v) is 13.3. The molecular weight excluding hydrogens is 296 g/mol. The molecule has 3 heterocycles. The van der Waals surface area contributed by atoms with Gasteiger partial charge in [-0.2, -0.15) is 5.10 Å². The molecule has 3 aromatic heterocycles. The van der Waals surface area contributed by atoms with Gasteiger partial charge < -0.3 is 9.73 Å². The Morgan fingerprint density at radius 3 is 3.00 bits per heavy atom. The maximum Gasteiger partial charge on any atom is 0.291 e. The molecule has 0 aliphatic carbocycles. The number of furan rings is 1. The molecule has 0 radical (unpaired) electrons. The summed E-state index contributed by atoms with van der Waals surface area (Å²) in [6.45, 7) is 4.96. The van der Waals surface area contributed by atoms with E-state index in [1.165, 1.54) is 4.68 Å². The summed E-state index contributed by atoms with van der Waals surface area (Å²) in [5, 5.41) is 7.18. The van der Waals surface area contributed by atoms with Gasteiger partial charge in [0.2, 0.25) is 5.91 Å². The summed E-state index contributed by atoms with van der Waals surface area (Å²) in [5.74, 6) is 0.726. The lowest BCUT2D eigenvalue weighted by atomic mass is 10.3. The Kier molecular flexibility index (Phi) is 4.18. The molecule has 3 aromatic rings. The number of carbonyl (C=O) groups is 1. The minimum atomic E-state index is -0.170. The molecular formula is C16H20N4O3. The van der Waals surface area contributed by atoms with Gasteiger partial charge in [0.25, 0.3) is 5.56 Å². The van der Waals surface area contributed by atoms with Crippen LogP contribution >= 0.6 is 0 Å². The second kappa shape index (κ2) is 6.28. The zero-order valence-electron chi connectivity index (χ0n) is 13.3. The van der Waals surface area contributed by atoms with Crippen molar-refractivity contribution in [2.75, 3.05) is 6.54 Å². The van der Waals surface area contributed by atoms with Crippen molar-refractivity contribution < 1.29 is 9.21 Å². The van der Waals surface area contributed by atoms with Crippen molar-refractivity contribution in [3.8, 4) is 0 Å². The molecule has 0 bridgehead atoms. The number of amides is 1. The molecule has 122 valence electrons. The van der Waals surface area contributed by atoms with Gasteiger partial charge >= 0.3 is 0 Å². The van der Waals surface area contributed by atoms with Crippen LogP contribution in [0.3, 0.4) is 0 Å². The minimum Gasteiger partial charge on any atom is -0.463 e. The first-order valence-corrected chi connectivity index (χ1v) is 7.85. The summed E-state index contributed by atoms with van der Waals surface area (Å²) >= 11 is 0. The number of aromatic nitrogens is 3. The molecule has 0 aromatic carbocycles. The molecule has 7 nitrogen and oxygen atoms in total. The van der Waals surface area contributed by atoms with Crippen LogP contribution in [0, 0.1) is 6.92 Å². The molecule has 1 amide bonds. The van der Waals surface area contributed by atoms with Crippen molar-refractivity contribution >= 4 is 22.5 Å². The Hall–Kier alpha value is -2.57. The molecule has 0 atom stereocenters. The molecule has 0 saturated carbocycles. The average molecular weight is 316 g/mol. The van der Waals surface area contributed by atoms with Gasteiger partial charge in [-0.3, -0.25) is 14.0 Å². The Balaban J connectivity index is 1.80.